The molecule has 1 atom stereocenters. The normalized spacial score (nSPS) is 13.0. The molecular weight excluding hydrogens is 335 g/mol. The molecule has 3 rings (SSSR count). The first-order valence-corrected chi connectivity index (χ1v) is 10.2. The Labute approximate surface area is 137 Å². The lowest BCUT2D eigenvalue weighted by Gasteiger charge is -2.22. The first-order chi connectivity index (χ1) is 10.7. The van der Waals surface area contributed by atoms with E-state index in [2.05, 4.69) is 0 Å². The predicted molar refractivity (Wildman–Crippen MR) is 93.5 cm³/mol. The van der Waals surface area contributed by atoms with Crippen molar-refractivity contribution in [2.75, 3.05) is 7.11 Å². The summed E-state index contributed by atoms with van der Waals surface area (Å²) in [7, 11) is -1.52. The van der Waals surface area contributed by atoms with Gasteiger partial charge < -0.3 is 14.4 Å². The van der Waals surface area contributed by atoms with Gasteiger partial charge in [-0.3, -0.25) is 0 Å². The highest BCUT2D eigenvalue weighted by molar-refractivity contribution is 7.86. The number of methoxy groups -OCH3 is 1. The van der Waals surface area contributed by atoms with Crippen LogP contribution in [0.4, 0.5) is 0 Å². The lowest BCUT2D eigenvalue weighted by molar-refractivity contribution is 0.257. The van der Waals surface area contributed by atoms with Crippen LogP contribution in [-0.2, 0) is 4.57 Å². The van der Waals surface area contributed by atoms with Crippen molar-refractivity contribution in [1.82, 2.24) is 0 Å². The maximum atomic E-state index is 13.7. The maximum Gasteiger partial charge on any atom is 0.193 e. The number of benzene rings is 1. The second kappa shape index (κ2) is 6.39. The van der Waals surface area contributed by atoms with E-state index >= 15 is 0 Å². The molecule has 0 fully saturated rings. The van der Waals surface area contributed by atoms with Crippen LogP contribution in [0.25, 0.3) is 0 Å². The fourth-order valence-electron chi connectivity index (χ4n) is 2.25. The van der Waals surface area contributed by atoms with E-state index in [1.54, 1.807) is 31.4 Å². The minimum absolute atomic E-state index is 0.630. The number of rotatable bonds is 5. The van der Waals surface area contributed by atoms with Crippen molar-refractivity contribution in [1.29, 1.82) is 0 Å². The van der Waals surface area contributed by atoms with Gasteiger partial charge in [0.2, 0.25) is 0 Å². The Morgan fingerprint density at radius 2 is 1.55 bits per heavy atom. The van der Waals surface area contributed by atoms with E-state index in [0.29, 0.717) is 11.3 Å². The molecule has 3 aromatic rings. The first-order valence-electron chi connectivity index (χ1n) is 6.66. The maximum absolute atomic E-state index is 13.7. The van der Waals surface area contributed by atoms with Gasteiger partial charge in [-0.25, -0.2) is 0 Å². The molecule has 22 heavy (non-hydrogen) atoms. The predicted octanol–water partition coefficient (Wildman–Crippen LogP) is 3.82. The molecule has 3 nitrogen and oxygen atoms in total. The number of hydrogen-bond acceptors (Lipinski definition) is 5. The Kier molecular flexibility index (Phi) is 4.50. The third-order valence-corrected chi connectivity index (χ3v) is 9.62. The molecular formula is C16H15O3PS2. The molecule has 2 heterocycles. The lowest BCUT2D eigenvalue weighted by Crippen LogP contribution is -2.17. The summed E-state index contributed by atoms with van der Waals surface area (Å²) in [6, 6.07) is 14.4. The van der Waals surface area contributed by atoms with Crippen LogP contribution >= 0.6 is 29.8 Å². The molecule has 6 heteroatoms. The van der Waals surface area contributed by atoms with E-state index < -0.39 is 13.0 Å². The van der Waals surface area contributed by atoms with Crippen LogP contribution in [-0.4, -0.2) is 12.2 Å². The Balaban J connectivity index is 2.08. The molecule has 0 aliphatic carbocycles. The fraction of sp³-hybridized carbons (Fsp3) is 0.125. The zero-order chi connectivity index (χ0) is 15.6. The van der Waals surface area contributed by atoms with E-state index in [1.165, 1.54) is 22.7 Å². The Morgan fingerprint density at radius 1 is 1.00 bits per heavy atom. The molecule has 0 amide bonds. The van der Waals surface area contributed by atoms with Gasteiger partial charge in [-0.2, -0.15) is 0 Å². The van der Waals surface area contributed by atoms with Crippen molar-refractivity contribution in [2.24, 2.45) is 0 Å². The summed E-state index contributed by atoms with van der Waals surface area (Å²) < 4.78 is 20.3. The van der Waals surface area contributed by atoms with E-state index in [1.807, 2.05) is 35.0 Å². The molecule has 0 saturated heterocycles. The van der Waals surface area contributed by atoms with Crippen LogP contribution in [0.5, 0.6) is 5.75 Å². The Bertz CT molecular complexity index is 726. The van der Waals surface area contributed by atoms with Crippen LogP contribution in [0, 0.1) is 0 Å². The van der Waals surface area contributed by atoms with Crippen LogP contribution < -0.4 is 14.0 Å². The Hall–Kier alpha value is -1.39. The zero-order valence-electron chi connectivity index (χ0n) is 11.9. The second-order valence-corrected chi connectivity index (χ2v) is 9.98. The highest BCUT2D eigenvalue weighted by atomic mass is 32.1. The van der Waals surface area contributed by atoms with Crippen LogP contribution in [0.2, 0.25) is 0 Å². The standard InChI is InChI=1S/C16H15O3PS2/c1-19-13-8-6-12(7-9-13)16(17)20(18,14-4-2-10-21-14)15-5-3-11-22-15/h2-11,16-17H,1H3. The minimum atomic E-state index is -3.11. The molecule has 114 valence electrons. The van der Waals surface area contributed by atoms with Gasteiger partial charge in [0.15, 0.2) is 7.14 Å². The van der Waals surface area contributed by atoms with Gasteiger partial charge in [-0.05, 0) is 40.6 Å². The highest BCUT2D eigenvalue weighted by Gasteiger charge is 2.38. The van der Waals surface area contributed by atoms with Crippen LogP contribution in [0.15, 0.2) is 59.3 Å². The molecule has 1 aromatic carbocycles. The van der Waals surface area contributed by atoms with Gasteiger partial charge in [0.05, 0.1) is 16.3 Å². The molecule has 2 aromatic heterocycles. The molecule has 0 spiro atoms. The fourth-order valence-corrected chi connectivity index (χ4v) is 8.05. The van der Waals surface area contributed by atoms with Gasteiger partial charge >= 0.3 is 0 Å². The van der Waals surface area contributed by atoms with E-state index in [0.717, 1.165) is 9.24 Å². The molecule has 0 radical (unpaired) electrons. The van der Waals surface area contributed by atoms with Crippen molar-refractivity contribution in [2.45, 2.75) is 5.85 Å². The summed E-state index contributed by atoms with van der Waals surface area (Å²) in [5.41, 5.74) is 0.630. The van der Waals surface area contributed by atoms with E-state index in [9.17, 15) is 9.67 Å². The number of ether oxygens (including phenoxy) is 1. The summed E-state index contributed by atoms with van der Waals surface area (Å²) in [6.07, 6.45) is 0. The van der Waals surface area contributed by atoms with Crippen LogP contribution in [0.3, 0.4) is 0 Å². The zero-order valence-corrected chi connectivity index (χ0v) is 14.4. The lowest BCUT2D eigenvalue weighted by atomic mass is 10.2. The van der Waals surface area contributed by atoms with Crippen molar-refractivity contribution < 1.29 is 14.4 Å². The minimum Gasteiger partial charge on any atom is -0.497 e. The van der Waals surface area contributed by atoms with E-state index in [-0.39, 0.29) is 0 Å². The SMILES string of the molecule is COc1ccc(C(O)P(=O)(c2cccs2)c2cccs2)cc1. The van der Waals surface area contributed by atoms with Gasteiger partial charge in [0.25, 0.3) is 0 Å². The average Bonchev–Trinajstić information content (AvgIpc) is 3.26. The number of aliphatic hydroxyl groups is 1. The summed E-state index contributed by atoms with van der Waals surface area (Å²) in [5.74, 6) is -0.353. The number of hydrogen-bond donors (Lipinski definition) is 1. The van der Waals surface area contributed by atoms with Crippen molar-refractivity contribution in [3.05, 3.63) is 64.9 Å². The third kappa shape index (κ3) is 2.66. The smallest absolute Gasteiger partial charge is 0.193 e. The molecule has 0 bridgehead atoms. The molecule has 0 aliphatic rings. The van der Waals surface area contributed by atoms with Crippen molar-refractivity contribution in [3.8, 4) is 5.75 Å². The van der Waals surface area contributed by atoms with E-state index in [4.69, 9.17) is 4.74 Å². The van der Waals surface area contributed by atoms with Gasteiger partial charge in [-0.15, -0.1) is 22.7 Å². The second-order valence-electron chi connectivity index (χ2n) is 4.71. The van der Waals surface area contributed by atoms with Crippen LogP contribution in [0.1, 0.15) is 11.4 Å². The summed E-state index contributed by atoms with van der Waals surface area (Å²) >= 11 is 2.84. The Morgan fingerprint density at radius 3 is 1.95 bits per heavy atom. The van der Waals surface area contributed by atoms with Gasteiger partial charge in [0, 0.05) is 0 Å². The third-order valence-electron chi connectivity index (χ3n) is 3.43. The molecule has 1 unspecified atom stereocenters. The molecule has 1 N–H and O–H groups in total. The van der Waals surface area contributed by atoms with Crippen molar-refractivity contribution in [3.63, 3.8) is 0 Å². The summed E-state index contributed by atoms with van der Waals surface area (Å²) in [4.78, 5) is 0. The first kappa shape index (κ1) is 15.5. The molecule has 0 aliphatic heterocycles. The highest BCUT2D eigenvalue weighted by Crippen LogP contribution is 2.57. The van der Waals surface area contributed by atoms with Gasteiger partial charge in [0.1, 0.15) is 11.6 Å². The number of aliphatic hydroxyl groups excluding tert-OH is 1. The quantitative estimate of drug-likeness (QED) is 0.712. The summed E-state index contributed by atoms with van der Waals surface area (Å²) in [5, 5.41) is 14.6. The average molecular weight is 350 g/mol. The van der Waals surface area contributed by atoms with Gasteiger partial charge in [-0.1, -0.05) is 24.3 Å². The van der Waals surface area contributed by atoms with Crippen molar-refractivity contribution >= 4 is 39.1 Å². The number of thiophene rings is 2. The summed E-state index contributed by atoms with van der Waals surface area (Å²) in [6.45, 7) is 0. The topological polar surface area (TPSA) is 46.5 Å². The molecule has 0 saturated carbocycles. The largest absolute Gasteiger partial charge is 0.497 e. The monoisotopic (exact) mass is 350 g/mol.